The molecule has 0 aliphatic carbocycles. The summed E-state index contributed by atoms with van der Waals surface area (Å²) in [6, 6.07) is 5.21. The highest BCUT2D eigenvalue weighted by atomic mass is 19.1. The summed E-state index contributed by atoms with van der Waals surface area (Å²) in [6.07, 6.45) is 3.36. The Hall–Kier alpha value is -1.09. The van der Waals surface area contributed by atoms with Crippen LogP contribution < -0.4 is 10.2 Å². The molecule has 1 heterocycles. The van der Waals surface area contributed by atoms with Crippen LogP contribution in [0.1, 0.15) is 25.3 Å². The van der Waals surface area contributed by atoms with Crippen molar-refractivity contribution in [3.05, 3.63) is 29.6 Å². The lowest BCUT2D eigenvalue weighted by molar-refractivity contribution is 0.437. The van der Waals surface area contributed by atoms with Crippen molar-refractivity contribution in [2.45, 2.75) is 26.2 Å². The van der Waals surface area contributed by atoms with E-state index in [1.165, 1.54) is 18.5 Å². The Kier molecular flexibility index (Phi) is 4.59. The number of halogens is 1. The monoisotopic (exact) mass is 250 g/mol. The van der Waals surface area contributed by atoms with Gasteiger partial charge < -0.3 is 10.2 Å². The number of anilines is 1. The van der Waals surface area contributed by atoms with Gasteiger partial charge in [0.15, 0.2) is 0 Å². The second-order valence-electron chi connectivity index (χ2n) is 5.30. The van der Waals surface area contributed by atoms with E-state index >= 15 is 0 Å². The lowest BCUT2D eigenvalue weighted by atomic mass is 9.97. The van der Waals surface area contributed by atoms with Crippen LogP contribution in [0.2, 0.25) is 0 Å². The van der Waals surface area contributed by atoms with E-state index in [0.29, 0.717) is 0 Å². The molecule has 0 bridgehead atoms. The first kappa shape index (κ1) is 13.3. The van der Waals surface area contributed by atoms with E-state index in [0.717, 1.165) is 37.5 Å². The van der Waals surface area contributed by atoms with E-state index < -0.39 is 0 Å². The number of hydrogen-bond acceptors (Lipinski definition) is 2. The molecule has 0 radical (unpaired) electrons. The number of nitrogens with zero attached hydrogens (tertiary/aromatic N) is 1. The number of benzene rings is 1. The summed E-state index contributed by atoms with van der Waals surface area (Å²) in [7, 11) is 1.93. The minimum atomic E-state index is -0.129. The predicted molar refractivity (Wildman–Crippen MR) is 74.6 cm³/mol. The van der Waals surface area contributed by atoms with E-state index in [4.69, 9.17) is 0 Å². The van der Waals surface area contributed by atoms with Crippen molar-refractivity contribution in [3.63, 3.8) is 0 Å². The molecule has 100 valence electrons. The van der Waals surface area contributed by atoms with Crippen LogP contribution in [0.3, 0.4) is 0 Å². The zero-order chi connectivity index (χ0) is 13.0. The molecular weight excluding hydrogens is 227 g/mol. The second-order valence-corrected chi connectivity index (χ2v) is 5.30. The Bertz CT molecular complexity index is 384. The largest absolute Gasteiger partial charge is 0.371 e. The third-order valence-corrected chi connectivity index (χ3v) is 3.81. The van der Waals surface area contributed by atoms with Crippen molar-refractivity contribution < 1.29 is 4.39 Å². The van der Waals surface area contributed by atoms with Gasteiger partial charge in [0, 0.05) is 18.8 Å². The van der Waals surface area contributed by atoms with E-state index in [9.17, 15) is 4.39 Å². The Labute approximate surface area is 109 Å². The second kappa shape index (κ2) is 6.19. The van der Waals surface area contributed by atoms with Crippen LogP contribution in [0.15, 0.2) is 18.2 Å². The average Bonchev–Trinajstić information content (AvgIpc) is 2.38. The highest BCUT2D eigenvalue weighted by molar-refractivity contribution is 5.54. The molecule has 1 aliphatic rings. The Morgan fingerprint density at radius 2 is 2.06 bits per heavy atom. The molecule has 1 fully saturated rings. The van der Waals surface area contributed by atoms with Gasteiger partial charge in [-0.1, -0.05) is 6.92 Å². The summed E-state index contributed by atoms with van der Waals surface area (Å²) < 4.78 is 13.4. The smallest absolute Gasteiger partial charge is 0.123 e. The van der Waals surface area contributed by atoms with Crippen molar-refractivity contribution >= 4 is 5.69 Å². The molecule has 2 rings (SSSR count). The van der Waals surface area contributed by atoms with Crippen molar-refractivity contribution in [1.29, 1.82) is 0 Å². The van der Waals surface area contributed by atoms with Gasteiger partial charge >= 0.3 is 0 Å². The third-order valence-electron chi connectivity index (χ3n) is 3.81. The first-order valence-electron chi connectivity index (χ1n) is 6.88. The van der Waals surface area contributed by atoms with Gasteiger partial charge in [-0.25, -0.2) is 4.39 Å². The van der Waals surface area contributed by atoms with Gasteiger partial charge in [-0.15, -0.1) is 0 Å². The number of piperidine rings is 1. The maximum absolute atomic E-state index is 13.4. The first-order valence-corrected chi connectivity index (χ1v) is 6.88. The van der Waals surface area contributed by atoms with Crippen molar-refractivity contribution in [1.82, 2.24) is 5.32 Å². The number of likely N-dealkylation sites (N-methyl/N-ethyl adjacent to an activating group) is 1. The summed E-state index contributed by atoms with van der Waals surface area (Å²) in [6.45, 7) is 5.39. The molecule has 1 aromatic carbocycles. The van der Waals surface area contributed by atoms with Gasteiger partial charge in [-0.3, -0.25) is 0 Å². The zero-order valence-electron chi connectivity index (χ0n) is 11.4. The van der Waals surface area contributed by atoms with Gasteiger partial charge in [-0.2, -0.15) is 0 Å². The topological polar surface area (TPSA) is 15.3 Å². The van der Waals surface area contributed by atoms with E-state index in [2.05, 4.69) is 17.1 Å². The fourth-order valence-corrected chi connectivity index (χ4v) is 2.57. The van der Waals surface area contributed by atoms with Crippen LogP contribution in [0.5, 0.6) is 0 Å². The van der Waals surface area contributed by atoms with Gasteiger partial charge in [-0.05, 0) is 62.5 Å². The SMILES string of the molecule is CNCCc1cc(F)ccc1N1CCC(C)CC1. The molecule has 0 atom stereocenters. The van der Waals surface area contributed by atoms with Crippen molar-refractivity contribution in [2.75, 3.05) is 31.6 Å². The normalized spacial score (nSPS) is 17.2. The lowest BCUT2D eigenvalue weighted by Crippen LogP contribution is -2.33. The van der Waals surface area contributed by atoms with Gasteiger partial charge in [0.1, 0.15) is 5.82 Å². The van der Waals surface area contributed by atoms with Crippen LogP contribution in [-0.4, -0.2) is 26.7 Å². The molecule has 1 N–H and O–H groups in total. The van der Waals surface area contributed by atoms with Crippen LogP contribution in [0, 0.1) is 11.7 Å². The molecular formula is C15H23FN2. The predicted octanol–water partition coefficient (Wildman–Crippen LogP) is 2.82. The minimum Gasteiger partial charge on any atom is -0.371 e. The molecule has 0 amide bonds. The summed E-state index contributed by atoms with van der Waals surface area (Å²) in [5.41, 5.74) is 2.34. The quantitative estimate of drug-likeness (QED) is 0.884. The van der Waals surface area contributed by atoms with E-state index in [1.54, 1.807) is 12.1 Å². The fraction of sp³-hybridized carbons (Fsp3) is 0.600. The van der Waals surface area contributed by atoms with Crippen LogP contribution >= 0.6 is 0 Å². The van der Waals surface area contributed by atoms with Gasteiger partial charge in [0.25, 0.3) is 0 Å². The van der Waals surface area contributed by atoms with Crippen LogP contribution in [-0.2, 0) is 6.42 Å². The molecule has 1 saturated heterocycles. The highest BCUT2D eigenvalue weighted by Crippen LogP contribution is 2.27. The van der Waals surface area contributed by atoms with Gasteiger partial charge in [0.05, 0.1) is 0 Å². The highest BCUT2D eigenvalue weighted by Gasteiger charge is 2.18. The summed E-state index contributed by atoms with van der Waals surface area (Å²) in [4.78, 5) is 2.41. The fourth-order valence-electron chi connectivity index (χ4n) is 2.57. The Morgan fingerprint density at radius 1 is 1.33 bits per heavy atom. The lowest BCUT2D eigenvalue weighted by Gasteiger charge is -2.33. The summed E-state index contributed by atoms with van der Waals surface area (Å²) in [5, 5.41) is 3.13. The Morgan fingerprint density at radius 3 is 2.72 bits per heavy atom. The van der Waals surface area contributed by atoms with Crippen LogP contribution in [0.4, 0.5) is 10.1 Å². The molecule has 18 heavy (non-hydrogen) atoms. The first-order chi connectivity index (χ1) is 8.70. The van der Waals surface area contributed by atoms with Gasteiger partial charge in [0.2, 0.25) is 0 Å². The number of nitrogens with one attached hydrogen (secondary N) is 1. The number of rotatable bonds is 4. The van der Waals surface area contributed by atoms with Crippen molar-refractivity contribution in [3.8, 4) is 0 Å². The molecule has 1 aromatic rings. The average molecular weight is 250 g/mol. The minimum absolute atomic E-state index is 0.129. The summed E-state index contributed by atoms with van der Waals surface area (Å²) in [5.74, 6) is 0.692. The van der Waals surface area contributed by atoms with Crippen molar-refractivity contribution in [2.24, 2.45) is 5.92 Å². The van der Waals surface area contributed by atoms with E-state index in [1.807, 2.05) is 13.1 Å². The molecule has 0 spiro atoms. The maximum atomic E-state index is 13.4. The number of hydrogen-bond donors (Lipinski definition) is 1. The zero-order valence-corrected chi connectivity index (χ0v) is 11.4. The molecule has 0 aromatic heterocycles. The maximum Gasteiger partial charge on any atom is 0.123 e. The molecule has 0 unspecified atom stereocenters. The summed E-state index contributed by atoms with van der Waals surface area (Å²) >= 11 is 0. The standard InChI is InChI=1S/C15H23FN2/c1-12-6-9-18(10-7-12)15-4-3-14(16)11-13(15)5-8-17-2/h3-4,11-12,17H,5-10H2,1-2H3. The molecule has 3 heteroatoms. The molecule has 2 nitrogen and oxygen atoms in total. The molecule has 0 saturated carbocycles. The van der Waals surface area contributed by atoms with Crippen LogP contribution in [0.25, 0.3) is 0 Å². The Balaban J connectivity index is 2.15. The van der Waals surface area contributed by atoms with E-state index in [-0.39, 0.29) is 5.82 Å². The molecule has 1 aliphatic heterocycles. The third kappa shape index (κ3) is 3.22.